The van der Waals surface area contributed by atoms with Gasteiger partial charge in [-0.05, 0) is 36.4 Å². The molecular formula is C21H20FN5O. The predicted octanol–water partition coefficient (Wildman–Crippen LogP) is 3.32. The number of piperazine rings is 1. The molecule has 0 spiro atoms. The summed E-state index contributed by atoms with van der Waals surface area (Å²) in [5, 5.41) is 2.93. The number of amides is 1. The number of nitrogens with one attached hydrogen (secondary N) is 1. The van der Waals surface area contributed by atoms with Gasteiger partial charge in [-0.3, -0.25) is 4.79 Å². The molecule has 0 radical (unpaired) electrons. The molecular weight excluding hydrogens is 357 g/mol. The zero-order valence-corrected chi connectivity index (χ0v) is 15.3. The van der Waals surface area contributed by atoms with Crippen LogP contribution in [0.5, 0.6) is 0 Å². The molecule has 28 heavy (non-hydrogen) atoms. The van der Waals surface area contributed by atoms with Gasteiger partial charge in [0.15, 0.2) is 0 Å². The minimum Gasteiger partial charge on any atom is -0.353 e. The van der Waals surface area contributed by atoms with Crippen LogP contribution in [0.15, 0.2) is 67.0 Å². The van der Waals surface area contributed by atoms with Crippen LogP contribution in [0.1, 0.15) is 10.4 Å². The molecule has 0 unspecified atom stereocenters. The van der Waals surface area contributed by atoms with E-state index < -0.39 is 0 Å². The van der Waals surface area contributed by atoms with E-state index in [9.17, 15) is 9.18 Å². The van der Waals surface area contributed by atoms with Gasteiger partial charge in [-0.2, -0.15) is 0 Å². The molecule has 1 aromatic carbocycles. The molecule has 7 heteroatoms. The lowest BCUT2D eigenvalue weighted by Crippen LogP contribution is -2.49. The van der Waals surface area contributed by atoms with E-state index in [0.29, 0.717) is 30.2 Å². The van der Waals surface area contributed by atoms with Gasteiger partial charge >= 0.3 is 0 Å². The summed E-state index contributed by atoms with van der Waals surface area (Å²) in [5.74, 6) is 0.935. The molecule has 0 atom stereocenters. The van der Waals surface area contributed by atoms with E-state index in [0.717, 1.165) is 18.9 Å². The number of para-hydroxylation sites is 1. The van der Waals surface area contributed by atoms with E-state index in [-0.39, 0.29) is 11.7 Å². The maximum absolute atomic E-state index is 13.8. The van der Waals surface area contributed by atoms with Crippen molar-refractivity contribution in [2.45, 2.75) is 0 Å². The number of carbonyl (C=O) groups is 1. The number of benzene rings is 1. The molecule has 2 aromatic heterocycles. The van der Waals surface area contributed by atoms with Crippen molar-refractivity contribution in [3.63, 3.8) is 0 Å². The predicted molar refractivity (Wildman–Crippen MR) is 106 cm³/mol. The average Bonchev–Trinajstić information content (AvgIpc) is 2.76. The van der Waals surface area contributed by atoms with E-state index in [1.54, 1.807) is 42.7 Å². The largest absolute Gasteiger partial charge is 0.353 e. The molecule has 1 fully saturated rings. The smallest absolute Gasteiger partial charge is 0.254 e. The summed E-state index contributed by atoms with van der Waals surface area (Å²) in [6, 6.07) is 15.5. The molecule has 0 bridgehead atoms. The van der Waals surface area contributed by atoms with Crippen molar-refractivity contribution in [1.29, 1.82) is 0 Å². The molecule has 0 aliphatic carbocycles. The van der Waals surface area contributed by atoms with E-state index in [4.69, 9.17) is 0 Å². The second kappa shape index (κ2) is 8.04. The monoisotopic (exact) mass is 377 g/mol. The van der Waals surface area contributed by atoms with Gasteiger partial charge < -0.3 is 15.1 Å². The molecule has 6 nitrogen and oxygen atoms in total. The second-order valence-electron chi connectivity index (χ2n) is 6.50. The summed E-state index contributed by atoms with van der Waals surface area (Å²) < 4.78 is 13.8. The number of rotatable bonds is 4. The summed E-state index contributed by atoms with van der Waals surface area (Å²) in [6.45, 7) is 2.70. The van der Waals surface area contributed by atoms with E-state index >= 15 is 0 Å². The topological polar surface area (TPSA) is 61.4 Å². The van der Waals surface area contributed by atoms with Crippen LogP contribution in [-0.4, -0.2) is 47.0 Å². The van der Waals surface area contributed by atoms with E-state index in [1.807, 2.05) is 23.1 Å². The van der Waals surface area contributed by atoms with Gasteiger partial charge in [0.25, 0.3) is 5.91 Å². The van der Waals surface area contributed by atoms with Gasteiger partial charge in [0, 0.05) is 44.1 Å². The summed E-state index contributed by atoms with van der Waals surface area (Å²) in [7, 11) is 0. The first kappa shape index (κ1) is 17.9. The lowest BCUT2D eigenvalue weighted by atomic mass is 10.2. The van der Waals surface area contributed by atoms with Crippen molar-refractivity contribution in [3.8, 4) is 0 Å². The molecule has 3 aromatic rings. The third-order valence-corrected chi connectivity index (χ3v) is 4.68. The molecule has 4 rings (SSSR count). The molecule has 1 saturated heterocycles. The molecule has 1 aliphatic rings. The summed E-state index contributed by atoms with van der Waals surface area (Å²) in [5.41, 5.74) is 0.851. The Labute approximate surface area is 162 Å². The fourth-order valence-electron chi connectivity index (χ4n) is 3.19. The zero-order chi connectivity index (χ0) is 19.3. The Hall–Kier alpha value is -3.48. The number of carbonyl (C=O) groups excluding carboxylic acids is 1. The number of nitrogens with zero attached hydrogens (tertiary/aromatic N) is 4. The van der Waals surface area contributed by atoms with Gasteiger partial charge in [-0.15, -0.1) is 0 Å². The number of hydrogen-bond acceptors (Lipinski definition) is 5. The van der Waals surface area contributed by atoms with Gasteiger partial charge in [0.1, 0.15) is 17.5 Å². The van der Waals surface area contributed by atoms with Crippen LogP contribution in [-0.2, 0) is 0 Å². The fourth-order valence-corrected chi connectivity index (χ4v) is 3.19. The molecule has 0 saturated carbocycles. The van der Waals surface area contributed by atoms with Crippen molar-refractivity contribution in [2.75, 3.05) is 36.4 Å². The third kappa shape index (κ3) is 3.93. The first-order chi connectivity index (χ1) is 13.7. The van der Waals surface area contributed by atoms with Crippen LogP contribution < -0.4 is 10.2 Å². The van der Waals surface area contributed by atoms with Crippen LogP contribution in [0.3, 0.4) is 0 Å². The number of hydrogen-bond donors (Lipinski definition) is 1. The highest BCUT2D eigenvalue weighted by Gasteiger charge is 2.23. The molecule has 1 N–H and O–H groups in total. The zero-order valence-electron chi connectivity index (χ0n) is 15.3. The molecule has 142 valence electrons. The highest BCUT2D eigenvalue weighted by molar-refractivity contribution is 5.95. The number of aromatic nitrogens is 2. The molecule has 1 aliphatic heterocycles. The second-order valence-corrected chi connectivity index (χ2v) is 6.50. The molecule has 1 amide bonds. The summed E-state index contributed by atoms with van der Waals surface area (Å²) in [6.07, 6.45) is 3.33. The lowest BCUT2D eigenvalue weighted by Gasteiger charge is -2.35. The van der Waals surface area contributed by atoms with Crippen molar-refractivity contribution in [1.82, 2.24) is 14.9 Å². The maximum Gasteiger partial charge on any atom is 0.254 e. The first-order valence-electron chi connectivity index (χ1n) is 9.13. The third-order valence-electron chi connectivity index (χ3n) is 4.68. The lowest BCUT2D eigenvalue weighted by molar-refractivity contribution is 0.0746. The summed E-state index contributed by atoms with van der Waals surface area (Å²) >= 11 is 0. The summed E-state index contributed by atoms with van der Waals surface area (Å²) in [4.78, 5) is 25.4. The minimum absolute atomic E-state index is 0.0559. The Morgan fingerprint density at radius 2 is 1.71 bits per heavy atom. The Morgan fingerprint density at radius 1 is 0.929 bits per heavy atom. The molecule has 3 heterocycles. The standard InChI is InChI=1S/C21H20FN5O/c22-17-5-1-2-6-18(17)25-19-15-16(8-10-23-19)21(28)27-13-11-26(12-14-27)20-7-3-4-9-24-20/h1-10,15H,11-14H2,(H,23,25). The van der Waals surface area contributed by atoms with Crippen molar-refractivity contribution < 1.29 is 9.18 Å². The van der Waals surface area contributed by atoms with Gasteiger partial charge in [0.2, 0.25) is 0 Å². The SMILES string of the molecule is O=C(c1ccnc(Nc2ccccc2F)c1)N1CCN(c2ccccn2)CC1. The van der Waals surface area contributed by atoms with Crippen LogP contribution >= 0.6 is 0 Å². The van der Waals surface area contributed by atoms with Gasteiger partial charge in [0.05, 0.1) is 5.69 Å². The Bertz CT molecular complexity index is 958. The van der Waals surface area contributed by atoms with E-state index in [1.165, 1.54) is 6.07 Å². The Kier molecular flexibility index (Phi) is 5.14. The normalized spacial score (nSPS) is 14.0. The Balaban J connectivity index is 1.42. The van der Waals surface area contributed by atoms with Gasteiger partial charge in [-0.1, -0.05) is 18.2 Å². The number of halogens is 1. The minimum atomic E-state index is -0.369. The highest BCUT2D eigenvalue weighted by atomic mass is 19.1. The van der Waals surface area contributed by atoms with Crippen LogP contribution in [0.4, 0.5) is 21.7 Å². The van der Waals surface area contributed by atoms with Crippen molar-refractivity contribution in [3.05, 3.63) is 78.4 Å². The number of anilines is 3. The van der Waals surface area contributed by atoms with Crippen molar-refractivity contribution in [2.24, 2.45) is 0 Å². The maximum atomic E-state index is 13.8. The number of pyridine rings is 2. The van der Waals surface area contributed by atoms with Crippen molar-refractivity contribution >= 4 is 23.2 Å². The average molecular weight is 377 g/mol. The highest BCUT2D eigenvalue weighted by Crippen LogP contribution is 2.20. The Morgan fingerprint density at radius 3 is 2.46 bits per heavy atom. The van der Waals surface area contributed by atoms with Crippen LogP contribution in [0, 0.1) is 5.82 Å². The van der Waals surface area contributed by atoms with Crippen LogP contribution in [0.25, 0.3) is 0 Å². The van der Waals surface area contributed by atoms with E-state index in [2.05, 4.69) is 20.2 Å². The first-order valence-corrected chi connectivity index (χ1v) is 9.13. The van der Waals surface area contributed by atoms with Gasteiger partial charge in [-0.25, -0.2) is 14.4 Å². The van der Waals surface area contributed by atoms with Crippen LogP contribution in [0.2, 0.25) is 0 Å². The quantitative estimate of drug-likeness (QED) is 0.756. The fraction of sp³-hybridized carbons (Fsp3) is 0.190.